The number of H-pyrrole nitrogens is 1. The quantitative estimate of drug-likeness (QED) is 0.868. The molecule has 1 aromatic carbocycles. The lowest BCUT2D eigenvalue weighted by Crippen LogP contribution is -2.23. The largest absolute Gasteiger partial charge is 0.497 e. The van der Waals surface area contributed by atoms with E-state index in [0.29, 0.717) is 12.1 Å². The van der Waals surface area contributed by atoms with Gasteiger partial charge in [0.25, 0.3) is 5.91 Å². The highest BCUT2D eigenvalue weighted by Crippen LogP contribution is 2.11. The summed E-state index contributed by atoms with van der Waals surface area (Å²) >= 11 is 0. The maximum atomic E-state index is 11.8. The zero-order valence-electron chi connectivity index (χ0n) is 10.5. The monoisotopic (exact) mass is 258 g/mol. The van der Waals surface area contributed by atoms with Crippen LogP contribution in [0.15, 0.2) is 47.4 Å². The van der Waals surface area contributed by atoms with Gasteiger partial charge < -0.3 is 15.0 Å². The van der Waals surface area contributed by atoms with E-state index in [1.165, 1.54) is 18.3 Å². The van der Waals surface area contributed by atoms with E-state index in [4.69, 9.17) is 4.74 Å². The van der Waals surface area contributed by atoms with E-state index in [2.05, 4.69) is 10.3 Å². The molecule has 1 aromatic heterocycles. The van der Waals surface area contributed by atoms with Gasteiger partial charge in [-0.3, -0.25) is 9.59 Å². The Kier molecular flexibility index (Phi) is 3.97. The van der Waals surface area contributed by atoms with Gasteiger partial charge in [-0.05, 0) is 23.8 Å². The SMILES string of the molecule is COc1ccc(CNC(=O)c2ccc(=O)[nH]c2)cc1. The summed E-state index contributed by atoms with van der Waals surface area (Å²) in [5.41, 5.74) is 1.17. The number of pyridine rings is 1. The highest BCUT2D eigenvalue weighted by molar-refractivity contribution is 5.93. The number of aromatic nitrogens is 1. The van der Waals surface area contributed by atoms with Crippen molar-refractivity contribution in [2.45, 2.75) is 6.54 Å². The van der Waals surface area contributed by atoms with E-state index < -0.39 is 0 Å². The Hall–Kier alpha value is -2.56. The molecule has 1 amide bonds. The van der Waals surface area contributed by atoms with Crippen molar-refractivity contribution in [1.29, 1.82) is 0 Å². The number of carbonyl (C=O) groups is 1. The van der Waals surface area contributed by atoms with E-state index in [1.807, 2.05) is 24.3 Å². The van der Waals surface area contributed by atoms with E-state index in [-0.39, 0.29) is 11.5 Å². The second kappa shape index (κ2) is 5.86. The van der Waals surface area contributed by atoms with Gasteiger partial charge >= 0.3 is 0 Å². The highest BCUT2D eigenvalue weighted by Gasteiger charge is 2.04. The molecule has 0 unspecified atom stereocenters. The lowest BCUT2D eigenvalue weighted by Gasteiger charge is -2.06. The van der Waals surface area contributed by atoms with Crippen LogP contribution in [0.25, 0.3) is 0 Å². The lowest BCUT2D eigenvalue weighted by molar-refractivity contribution is 0.0950. The second-order valence-electron chi connectivity index (χ2n) is 3.97. The molecule has 5 heteroatoms. The fraction of sp³-hybridized carbons (Fsp3) is 0.143. The van der Waals surface area contributed by atoms with Gasteiger partial charge in [-0.2, -0.15) is 0 Å². The summed E-state index contributed by atoms with van der Waals surface area (Å²) in [6.45, 7) is 0.419. The van der Waals surface area contributed by atoms with Gasteiger partial charge in [-0.25, -0.2) is 0 Å². The minimum Gasteiger partial charge on any atom is -0.497 e. The fourth-order valence-electron chi connectivity index (χ4n) is 1.58. The summed E-state index contributed by atoms with van der Waals surface area (Å²) in [6, 6.07) is 10.2. The average molecular weight is 258 g/mol. The predicted molar refractivity (Wildman–Crippen MR) is 71.2 cm³/mol. The number of rotatable bonds is 4. The number of benzene rings is 1. The molecule has 19 heavy (non-hydrogen) atoms. The van der Waals surface area contributed by atoms with E-state index in [1.54, 1.807) is 7.11 Å². The number of amides is 1. The molecule has 5 nitrogen and oxygen atoms in total. The van der Waals surface area contributed by atoms with Gasteiger partial charge in [-0.1, -0.05) is 12.1 Å². The van der Waals surface area contributed by atoms with Gasteiger partial charge in [0.05, 0.1) is 12.7 Å². The van der Waals surface area contributed by atoms with Crippen LogP contribution in [0.2, 0.25) is 0 Å². The molecule has 0 bridgehead atoms. The summed E-state index contributed by atoms with van der Waals surface area (Å²) < 4.78 is 5.05. The maximum Gasteiger partial charge on any atom is 0.253 e. The number of carbonyl (C=O) groups excluding carboxylic acids is 1. The Morgan fingerprint density at radius 2 is 1.95 bits per heavy atom. The fourth-order valence-corrected chi connectivity index (χ4v) is 1.58. The average Bonchev–Trinajstić information content (AvgIpc) is 2.46. The number of hydrogen-bond donors (Lipinski definition) is 2. The molecule has 1 heterocycles. The first kappa shape index (κ1) is 12.9. The Labute approximate surface area is 110 Å². The first-order chi connectivity index (χ1) is 9.19. The Bertz CT molecular complexity index is 597. The minimum absolute atomic E-state index is 0.230. The molecule has 0 fully saturated rings. The molecule has 0 aliphatic carbocycles. The molecule has 2 N–H and O–H groups in total. The smallest absolute Gasteiger partial charge is 0.253 e. The van der Waals surface area contributed by atoms with Crippen molar-refractivity contribution in [3.63, 3.8) is 0 Å². The summed E-state index contributed by atoms with van der Waals surface area (Å²) in [4.78, 5) is 25.1. The van der Waals surface area contributed by atoms with Crippen molar-refractivity contribution in [2.75, 3.05) is 7.11 Å². The van der Waals surface area contributed by atoms with Crippen molar-refractivity contribution >= 4 is 5.91 Å². The number of methoxy groups -OCH3 is 1. The molecule has 98 valence electrons. The molecule has 0 radical (unpaired) electrons. The molecular weight excluding hydrogens is 244 g/mol. The van der Waals surface area contributed by atoms with Gasteiger partial charge in [0.2, 0.25) is 5.56 Å². The van der Waals surface area contributed by atoms with E-state index in [0.717, 1.165) is 11.3 Å². The van der Waals surface area contributed by atoms with Crippen molar-refractivity contribution < 1.29 is 9.53 Å². The molecule has 2 aromatic rings. The minimum atomic E-state index is -0.230. The first-order valence-corrected chi connectivity index (χ1v) is 5.79. The van der Waals surface area contributed by atoms with Crippen LogP contribution in [0.3, 0.4) is 0 Å². The lowest BCUT2D eigenvalue weighted by atomic mass is 10.2. The van der Waals surface area contributed by atoms with Crippen molar-refractivity contribution in [1.82, 2.24) is 10.3 Å². The summed E-state index contributed by atoms with van der Waals surface area (Å²) in [7, 11) is 1.60. The zero-order valence-corrected chi connectivity index (χ0v) is 10.5. The van der Waals surface area contributed by atoms with Crippen LogP contribution in [0.5, 0.6) is 5.75 Å². The molecule has 0 saturated carbocycles. The van der Waals surface area contributed by atoms with E-state index in [9.17, 15) is 9.59 Å². The van der Waals surface area contributed by atoms with Gasteiger partial charge in [-0.15, -0.1) is 0 Å². The third-order valence-electron chi connectivity index (χ3n) is 2.66. The molecule has 0 atom stereocenters. The molecule has 2 rings (SSSR count). The van der Waals surface area contributed by atoms with Gasteiger partial charge in [0.1, 0.15) is 5.75 Å². The summed E-state index contributed by atoms with van der Waals surface area (Å²) in [5, 5.41) is 2.77. The molecule has 0 spiro atoms. The topological polar surface area (TPSA) is 71.2 Å². The van der Waals surface area contributed by atoms with Crippen molar-refractivity contribution in [3.05, 3.63) is 64.1 Å². The number of hydrogen-bond acceptors (Lipinski definition) is 3. The zero-order chi connectivity index (χ0) is 13.7. The standard InChI is InChI=1S/C14H14N2O3/c1-19-12-5-2-10(3-6-12)8-16-14(18)11-4-7-13(17)15-9-11/h2-7,9H,8H2,1H3,(H,15,17)(H,16,18). The number of aromatic amines is 1. The molecular formula is C14H14N2O3. The third kappa shape index (κ3) is 3.45. The van der Waals surface area contributed by atoms with Crippen LogP contribution in [0.1, 0.15) is 15.9 Å². The summed E-state index contributed by atoms with van der Waals surface area (Å²) in [5.74, 6) is 0.544. The van der Waals surface area contributed by atoms with Gasteiger partial charge in [0, 0.05) is 18.8 Å². The normalized spacial score (nSPS) is 9.95. The van der Waals surface area contributed by atoms with Crippen LogP contribution in [0, 0.1) is 0 Å². The van der Waals surface area contributed by atoms with Crippen molar-refractivity contribution in [2.24, 2.45) is 0 Å². The second-order valence-corrected chi connectivity index (χ2v) is 3.97. The van der Waals surface area contributed by atoms with Crippen LogP contribution in [-0.4, -0.2) is 18.0 Å². The van der Waals surface area contributed by atoms with Crippen molar-refractivity contribution in [3.8, 4) is 5.75 Å². The number of ether oxygens (including phenoxy) is 1. The number of nitrogens with one attached hydrogen (secondary N) is 2. The van der Waals surface area contributed by atoms with Crippen LogP contribution >= 0.6 is 0 Å². The van der Waals surface area contributed by atoms with Crippen LogP contribution < -0.4 is 15.6 Å². The van der Waals surface area contributed by atoms with E-state index >= 15 is 0 Å². The predicted octanol–water partition coefficient (Wildman–Crippen LogP) is 1.31. The maximum absolute atomic E-state index is 11.8. The van der Waals surface area contributed by atoms with Crippen LogP contribution in [0.4, 0.5) is 0 Å². The highest BCUT2D eigenvalue weighted by atomic mass is 16.5. The Morgan fingerprint density at radius 1 is 1.21 bits per heavy atom. The molecule has 0 aliphatic rings. The van der Waals surface area contributed by atoms with Crippen LogP contribution in [-0.2, 0) is 6.54 Å². The third-order valence-corrected chi connectivity index (χ3v) is 2.66. The summed E-state index contributed by atoms with van der Waals surface area (Å²) in [6.07, 6.45) is 1.39. The molecule has 0 aliphatic heterocycles. The Morgan fingerprint density at radius 3 is 2.53 bits per heavy atom. The Balaban J connectivity index is 1.96. The molecule has 0 saturated heterocycles. The first-order valence-electron chi connectivity index (χ1n) is 5.79. The van der Waals surface area contributed by atoms with Gasteiger partial charge in [0.15, 0.2) is 0 Å².